The number of nitrogens with zero attached hydrogens (tertiary/aromatic N) is 1. The summed E-state index contributed by atoms with van der Waals surface area (Å²) in [5, 5.41) is 3.07. The molecule has 5 heteroatoms. The smallest absolute Gasteiger partial charge is 0.240 e. The number of likely N-dealkylation sites (tertiary alicyclic amines) is 1. The van der Waals surface area contributed by atoms with Crippen LogP contribution in [0.25, 0.3) is 0 Å². The van der Waals surface area contributed by atoms with Gasteiger partial charge >= 0.3 is 0 Å². The number of nitrogens with one attached hydrogen (secondary N) is 1. The van der Waals surface area contributed by atoms with Gasteiger partial charge in [0.25, 0.3) is 0 Å². The van der Waals surface area contributed by atoms with Crippen LogP contribution in [0.15, 0.2) is 0 Å². The Labute approximate surface area is 143 Å². The summed E-state index contributed by atoms with van der Waals surface area (Å²) in [7, 11) is 0. The van der Waals surface area contributed by atoms with Gasteiger partial charge in [0, 0.05) is 12.5 Å². The first-order valence-electron chi connectivity index (χ1n) is 9.63. The zero-order valence-electron chi connectivity index (χ0n) is 14.6. The van der Waals surface area contributed by atoms with Crippen LogP contribution in [0.4, 0.5) is 0 Å². The molecular formula is C19H28N2O3. The highest BCUT2D eigenvalue weighted by Crippen LogP contribution is 2.49. The highest BCUT2D eigenvalue weighted by molar-refractivity contribution is 6.08. The number of amides is 3. The van der Waals surface area contributed by atoms with Crippen LogP contribution in [0.1, 0.15) is 64.7 Å². The summed E-state index contributed by atoms with van der Waals surface area (Å²) >= 11 is 0. The standard InChI is InChI=1S/C19H28N2O3/c1-12(15-9-13-4-5-14(15)8-13)20-16(22)11-21-17(23)10-19(18(21)24)6-2-3-7-19/h12-15H,2-11H2,1H3,(H,20,22)/t12-,13-,14-,15+/m0/s1. The van der Waals surface area contributed by atoms with Crippen LogP contribution in [0.5, 0.6) is 0 Å². The summed E-state index contributed by atoms with van der Waals surface area (Å²) in [6, 6.07) is 0.140. The van der Waals surface area contributed by atoms with Gasteiger partial charge in [-0.3, -0.25) is 19.3 Å². The molecule has 24 heavy (non-hydrogen) atoms. The van der Waals surface area contributed by atoms with Gasteiger partial charge in [-0.15, -0.1) is 0 Å². The molecule has 3 amide bonds. The first kappa shape index (κ1) is 16.1. The van der Waals surface area contributed by atoms with Gasteiger partial charge in [0.1, 0.15) is 6.54 Å². The van der Waals surface area contributed by atoms with Gasteiger partial charge in [-0.05, 0) is 56.8 Å². The van der Waals surface area contributed by atoms with Crippen LogP contribution in [0.2, 0.25) is 0 Å². The third-order valence-electron chi connectivity index (χ3n) is 7.18. The van der Waals surface area contributed by atoms with E-state index in [1.165, 1.54) is 30.6 Å². The first-order chi connectivity index (χ1) is 11.5. The molecule has 0 unspecified atom stereocenters. The van der Waals surface area contributed by atoms with Crippen LogP contribution in [-0.2, 0) is 14.4 Å². The van der Waals surface area contributed by atoms with E-state index in [-0.39, 0.29) is 30.3 Å². The third kappa shape index (κ3) is 2.56. The zero-order chi connectivity index (χ0) is 16.9. The van der Waals surface area contributed by atoms with E-state index in [9.17, 15) is 14.4 Å². The normalized spacial score (nSPS) is 35.2. The van der Waals surface area contributed by atoms with Crippen LogP contribution in [0.3, 0.4) is 0 Å². The molecule has 2 bridgehead atoms. The summed E-state index contributed by atoms with van der Waals surface area (Å²) in [5.74, 6) is 1.73. The van der Waals surface area contributed by atoms with E-state index in [4.69, 9.17) is 0 Å². The highest BCUT2D eigenvalue weighted by Gasteiger charge is 2.53. The summed E-state index contributed by atoms with van der Waals surface area (Å²) in [6.07, 6.45) is 9.12. The SMILES string of the molecule is C[C@H](NC(=O)CN1C(=O)CC2(CCCC2)C1=O)[C@H]1C[C@H]2CC[C@H]1C2. The molecule has 1 heterocycles. The van der Waals surface area contributed by atoms with Gasteiger partial charge in [0.2, 0.25) is 17.7 Å². The van der Waals surface area contributed by atoms with Crippen LogP contribution >= 0.6 is 0 Å². The third-order valence-corrected chi connectivity index (χ3v) is 7.18. The Kier molecular flexibility index (Phi) is 3.92. The monoisotopic (exact) mass is 332 g/mol. The fraction of sp³-hybridized carbons (Fsp3) is 0.842. The van der Waals surface area contributed by atoms with Crippen molar-refractivity contribution in [2.75, 3.05) is 6.54 Å². The van der Waals surface area contributed by atoms with Crippen molar-refractivity contribution in [3.05, 3.63) is 0 Å². The fourth-order valence-corrected chi connectivity index (χ4v) is 5.92. The van der Waals surface area contributed by atoms with Gasteiger partial charge in [-0.25, -0.2) is 0 Å². The molecule has 5 nitrogen and oxygen atoms in total. The number of carbonyl (C=O) groups excluding carboxylic acids is 3. The van der Waals surface area contributed by atoms with E-state index in [0.29, 0.717) is 12.3 Å². The summed E-state index contributed by atoms with van der Waals surface area (Å²) < 4.78 is 0. The Morgan fingerprint density at radius 2 is 2.00 bits per heavy atom. The van der Waals surface area contributed by atoms with Crippen molar-refractivity contribution in [1.29, 1.82) is 0 Å². The predicted octanol–water partition coefficient (Wildman–Crippen LogP) is 2.25. The molecule has 4 atom stereocenters. The number of rotatable bonds is 4. The Morgan fingerprint density at radius 3 is 2.62 bits per heavy atom. The van der Waals surface area contributed by atoms with Gasteiger partial charge in [-0.1, -0.05) is 19.3 Å². The Balaban J connectivity index is 1.34. The average Bonchev–Trinajstić information content (AvgIpc) is 3.30. The minimum atomic E-state index is -0.479. The minimum absolute atomic E-state index is 0.0927. The first-order valence-corrected chi connectivity index (χ1v) is 9.63. The molecule has 3 saturated carbocycles. The van der Waals surface area contributed by atoms with Crippen LogP contribution < -0.4 is 5.32 Å². The molecular weight excluding hydrogens is 304 g/mol. The lowest BCUT2D eigenvalue weighted by Crippen LogP contribution is -2.47. The summed E-state index contributed by atoms with van der Waals surface area (Å²) in [4.78, 5) is 38.5. The van der Waals surface area contributed by atoms with E-state index >= 15 is 0 Å². The molecule has 1 saturated heterocycles. The largest absolute Gasteiger partial charge is 0.352 e. The number of hydrogen-bond acceptors (Lipinski definition) is 3. The Hall–Kier alpha value is -1.39. The van der Waals surface area contributed by atoms with Crippen molar-refractivity contribution in [3.8, 4) is 0 Å². The van der Waals surface area contributed by atoms with Gasteiger partial charge < -0.3 is 5.32 Å². The fourth-order valence-electron chi connectivity index (χ4n) is 5.92. The maximum absolute atomic E-state index is 12.6. The van der Waals surface area contributed by atoms with Gasteiger partial charge in [-0.2, -0.15) is 0 Å². The average molecular weight is 332 g/mol. The molecule has 0 aromatic rings. The van der Waals surface area contributed by atoms with Crippen LogP contribution in [-0.4, -0.2) is 35.2 Å². The lowest BCUT2D eigenvalue weighted by molar-refractivity contribution is -0.145. The molecule has 4 aliphatic rings. The second-order valence-corrected chi connectivity index (χ2v) is 8.64. The number of fused-ring (bicyclic) bond motifs is 2. The van der Waals surface area contributed by atoms with E-state index in [0.717, 1.165) is 37.5 Å². The van der Waals surface area contributed by atoms with Crippen molar-refractivity contribution in [3.63, 3.8) is 0 Å². The lowest BCUT2D eigenvalue weighted by atomic mass is 9.84. The van der Waals surface area contributed by atoms with Gasteiger partial charge in [0.15, 0.2) is 0 Å². The number of hydrogen-bond donors (Lipinski definition) is 1. The van der Waals surface area contributed by atoms with E-state index in [1.54, 1.807) is 0 Å². The molecule has 1 aliphatic heterocycles. The van der Waals surface area contributed by atoms with E-state index < -0.39 is 5.41 Å². The van der Waals surface area contributed by atoms with E-state index in [2.05, 4.69) is 12.2 Å². The minimum Gasteiger partial charge on any atom is -0.352 e. The molecule has 1 N–H and O–H groups in total. The summed E-state index contributed by atoms with van der Waals surface area (Å²) in [5.41, 5.74) is -0.479. The number of carbonyl (C=O) groups is 3. The van der Waals surface area contributed by atoms with Crippen molar-refractivity contribution in [2.24, 2.45) is 23.2 Å². The Morgan fingerprint density at radius 1 is 1.25 bits per heavy atom. The summed E-state index contributed by atoms with van der Waals surface area (Å²) in [6.45, 7) is 1.99. The molecule has 1 spiro atoms. The van der Waals surface area contributed by atoms with Crippen molar-refractivity contribution in [1.82, 2.24) is 10.2 Å². The maximum atomic E-state index is 12.6. The van der Waals surface area contributed by atoms with Crippen molar-refractivity contribution >= 4 is 17.7 Å². The topological polar surface area (TPSA) is 66.5 Å². The quantitative estimate of drug-likeness (QED) is 0.803. The molecule has 0 aromatic carbocycles. The molecule has 4 rings (SSSR count). The maximum Gasteiger partial charge on any atom is 0.240 e. The highest BCUT2D eigenvalue weighted by atomic mass is 16.2. The lowest BCUT2D eigenvalue weighted by Gasteiger charge is -2.29. The molecule has 132 valence electrons. The van der Waals surface area contributed by atoms with Crippen molar-refractivity contribution in [2.45, 2.75) is 70.8 Å². The Bertz CT molecular complexity index is 567. The molecule has 0 aromatic heterocycles. The van der Waals surface area contributed by atoms with Crippen LogP contribution in [0, 0.1) is 23.2 Å². The zero-order valence-corrected chi connectivity index (χ0v) is 14.6. The molecule has 0 radical (unpaired) electrons. The van der Waals surface area contributed by atoms with E-state index in [1.807, 2.05) is 0 Å². The van der Waals surface area contributed by atoms with Gasteiger partial charge in [0.05, 0.1) is 5.41 Å². The second kappa shape index (κ2) is 5.85. The molecule has 4 fully saturated rings. The number of imide groups is 1. The second-order valence-electron chi connectivity index (χ2n) is 8.64. The molecule has 3 aliphatic carbocycles. The predicted molar refractivity (Wildman–Crippen MR) is 88.8 cm³/mol. The van der Waals surface area contributed by atoms with Crippen molar-refractivity contribution < 1.29 is 14.4 Å².